The van der Waals surface area contributed by atoms with E-state index in [0.717, 1.165) is 31.1 Å². The molecule has 0 atom stereocenters. The third kappa shape index (κ3) is 2.10. The lowest BCUT2D eigenvalue weighted by Crippen LogP contribution is -2.20. The Labute approximate surface area is 102 Å². The van der Waals surface area contributed by atoms with E-state index in [1.165, 1.54) is 25.7 Å². The second-order valence-corrected chi connectivity index (χ2v) is 5.97. The molecule has 2 aliphatic carbocycles. The van der Waals surface area contributed by atoms with Crippen molar-refractivity contribution in [2.75, 3.05) is 6.54 Å². The van der Waals surface area contributed by atoms with E-state index in [4.69, 9.17) is 10.3 Å². The molecule has 0 amide bonds. The second-order valence-electron chi connectivity index (χ2n) is 5.97. The van der Waals surface area contributed by atoms with Gasteiger partial charge in [0, 0.05) is 11.3 Å². The summed E-state index contributed by atoms with van der Waals surface area (Å²) in [6, 6.07) is 0. The highest BCUT2D eigenvalue weighted by atomic mass is 16.5. The molecular weight excluding hydrogens is 214 g/mol. The Bertz CT molecular complexity index is 389. The molecule has 4 nitrogen and oxygen atoms in total. The molecule has 2 N–H and O–H groups in total. The first-order chi connectivity index (χ1) is 8.21. The van der Waals surface area contributed by atoms with Gasteiger partial charge in [-0.05, 0) is 51.0 Å². The van der Waals surface area contributed by atoms with Crippen LogP contribution in [-0.4, -0.2) is 16.7 Å². The van der Waals surface area contributed by atoms with Crippen molar-refractivity contribution in [3.63, 3.8) is 0 Å². The van der Waals surface area contributed by atoms with Crippen LogP contribution in [0.25, 0.3) is 0 Å². The first kappa shape index (κ1) is 11.2. The molecule has 4 heteroatoms. The Morgan fingerprint density at radius 1 is 1.29 bits per heavy atom. The van der Waals surface area contributed by atoms with E-state index < -0.39 is 0 Å². The van der Waals surface area contributed by atoms with E-state index in [1.807, 2.05) is 0 Å². The van der Waals surface area contributed by atoms with Gasteiger partial charge in [-0.1, -0.05) is 12.1 Å². The van der Waals surface area contributed by atoms with E-state index in [1.54, 1.807) is 0 Å². The van der Waals surface area contributed by atoms with Gasteiger partial charge in [-0.3, -0.25) is 0 Å². The second kappa shape index (κ2) is 4.09. The molecule has 94 valence electrons. The average Bonchev–Trinajstić information content (AvgIpc) is 2.94. The van der Waals surface area contributed by atoms with Gasteiger partial charge in [0.05, 0.1) is 0 Å². The smallest absolute Gasteiger partial charge is 0.229 e. The predicted octanol–water partition coefficient (Wildman–Crippen LogP) is 2.35. The van der Waals surface area contributed by atoms with Crippen LogP contribution in [0.3, 0.4) is 0 Å². The molecule has 0 saturated heterocycles. The van der Waals surface area contributed by atoms with E-state index >= 15 is 0 Å². The summed E-state index contributed by atoms with van der Waals surface area (Å²) in [5, 5.41) is 4.15. The number of nitrogens with zero attached hydrogens (tertiary/aromatic N) is 2. The van der Waals surface area contributed by atoms with Crippen LogP contribution in [0.2, 0.25) is 0 Å². The lowest BCUT2D eigenvalue weighted by atomic mass is 9.82. The van der Waals surface area contributed by atoms with Crippen LogP contribution in [0.15, 0.2) is 4.52 Å². The highest BCUT2D eigenvalue weighted by Gasteiger charge is 2.44. The standard InChI is InChI=1S/C13H21N3O/c1-13(6-7-13)12-15-11(17-16-12)10-4-2-9(8-14)3-5-10/h9-10H,2-8,14H2,1H3. The zero-order valence-electron chi connectivity index (χ0n) is 10.5. The molecular formula is C13H21N3O. The minimum atomic E-state index is 0.218. The molecule has 0 radical (unpaired) electrons. The van der Waals surface area contributed by atoms with E-state index in [0.29, 0.717) is 11.8 Å². The fourth-order valence-electron chi connectivity index (χ4n) is 2.70. The molecule has 2 aliphatic rings. The summed E-state index contributed by atoms with van der Waals surface area (Å²) in [7, 11) is 0. The zero-order valence-corrected chi connectivity index (χ0v) is 10.5. The van der Waals surface area contributed by atoms with Gasteiger partial charge in [-0.25, -0.2) is 0 Å². The lowest BCUT2D eigenvalue weighted by molar-refractivity contribution is 0.273. The first-order valence-electron chi connectivity index (χ1n) is 6.75. The van der Waals surface area contributed by atoms with E-state index in [9.17, 15) is 0 Å². The zero-order chi connectivity index (χ0) is 11.9. The SMILES string of the molecule is CC1(c2noc(C3CCC(CN)CC3)n2)CC1. The van der Waals surface area contributed by atoms with Crippen LogP contribution in [0, 0.1) is 5.92 Å². The van der Waals surface area contributed by atoms with Gasteiger partial charge in [0.2, 0.25) is 5.89 Å². The summed E-state index contributed by atoms with van der Waals surface area (Å²) in [4.78, 5) is 4.61. The highest BCUT2D eigenvalue weighted by molar-refractivity contribution is 5.15. The maximum atomic E-state index is 5.71. The van der Waals surface area contributed by atoms with Crippen LogP contribution in [0.4, 0.5) is 0 Å². The summed E-state index contributed by atoms with van der Waals surface area (Å²) < 4.78 is 5.45. The topological polar surface area (TPSA) is 64.9 Å². The van der Waals surface area contributed by atoms with Crippen LogP contribution >= 0.6 is 0 Å². The van der Waals surface area contributed by atoms with Crippen molar-refractivity contribution in [2.45, 2.75) is 56.8 Å². The van der Waals surface area contributed by atoms with Crippen molar-refractivity contribution >= 4 is 0 Å². The summed E-state index contributed by atoms with van der Waals surface area (Å²) in [6.07, 6.45) is 7.12. The van der Waals surface area contributed by atoms with Gasteiger partial charge in [0.15, 0.2) is 5.82 Å². The van der Waals surface area contributed by atoms with Crippen molar-refractivity contribution in [1.82, 2.24) is 10.1 Å². The third-order valence-electron chi connectivity index (χ3n) is 4.51. The van der Waals surface area contributed by atoms with E-state index in [2.05, 4.69) is 17.1 Å². The third-order valence-corrected chi connectivity index (χ3v) is 4.51. The fourth-order valence-corrected chi connectivity index (χ4v) is 2.70. The Morgan fingerprint density at radius 2 is 2.00 bits per heavy atom. The van der Waals surface area contributed by atoms with Gasteiger partial charge in [-0.2, -0.15) is 4.98 Å². The number of rotatable bonds is 3. The Hall–Kier alpha value is -0.900. The summed E-state index contributed by atoms with van der Waals surface area (Å²) in [5.41, 5.74) is 5.92. The number of nitrogens with two attached hydrogens (primary N) is 1. The van der Waals surface area contributed by atoms with E-state index in [-0.39, 0.29) is 5.41 Å². The normalized spacial score (nSPS) is 31.4. The first-order valence-corrected chi connectivity index (χ1v) is 6.75. The largest absolute Gasteiger partial charge is 0.339 e. The highest BCUT2D eigenvalue weighted by Crippen LogP contribution is 2.46. The number of hydrogen-bond acceptors (Lipinski definition) is 4. The van der Waals surface area contributed by atoms with Crippen LogP contribution in [0.1, 0.15) is 63.1 Å². The number of aromatic nitrogens is 2. The Kier molecular flexibility index (Phi) is 2.69. The molecule has 3 rings (SSSR count). The molecule has 0 aliphatic heterocycles. The van der Waals surface area contributed by atoms with Gasteiger partial charge >= 0.3 is 0 Å². The molecule has 17 heavy (non-hydrogen) atoms. The van der Waals surface area contributed by atoms with Crippen molar-refractivity contribution in [1.29, 1.82) is 0 Å². The minimum absolute atomic E-state index is 0.218. The summed E-state index contributed by atoms with van der Waals surface area (Å²) >= 11 is 0. The van der Waals surface area contributed by atoms with Crippen molar-refractivity contribution < 1.29 is 4.52 Å². The van der Waals surface area contributed by atoms with Crippen LogP contribution in [-0.2, 0) is 5.41 Å². The quantitative estimate of drug-likeness (QED) is 0.873. The Balaban J connectivity index is 1.67. The molecule has 0 aromatic carbocycles. The summed E-state index contributed by atoms with van der Waals surface area (Å²) in [6.45, 7) is 3.03. The Morgan fingerprint density at radius 3 is 2.59 bits per heavy atom. The van der Waals surface area contributed by atoms with Crippen molar-refractivity contribution in [3.8, 4) is 0 Å². The van der Waals surface area contributed by atoms with Gasteiger partial charge < -0.3 is 10.3 Å². The van der Waals surface area contributed by atoms with Crippen molar-refractivity contribution in [2.24, 2.45) is 11.7 Å². The van der Waals surface area contributed by atoms with Crippen LogP contribution in [0.5, 0.6) is 0 Å². The molecule has 2 saturated carbocycles. The minimum Gasteiger partial charge on any atom is -0.339 e. The number of hydrogen-bond donors (Lipinski definition) is 1. The molecule has 1 heterocycles. The molecule has 0 unspecified atom stereocenters. The summed E-state index contributed by atoms with van der Waals surface area (Å²) in [5.74, 6) is 2.97. The molecule has 2 fully saturated rings. The van der Waals surface area contributed by atoms with Crippen LogP contribution < -0.4 is 5.73 Å². The fraction of sp³-hybridized carbons (Fsp3) is 0.846. The lowest BCUT2D eigenvalue weighted by Gasteiger charge is -2.24. The van der Waals surface area contributed by atoms with Crippen molar-refractivity contribution in [3.05, 3.63) is 11.7 Å². The van der Waals surface area contributed by atoms with Gasteiger partial charge in [-0.15, -0.1) is 0 Å². The molecule has 0 spiro atoms. The average molecular weight is 235 g/mol. The molecule has 1 aromatic rings. The predicted molar refractivity (Wildman–Crippen MR) is 64.6 cm³/mol. The van der Waals surface area contributed by atoms with Gasteiger partial charge in [0.1, 0.15) is 0 Å². The monoisotopic (exact) mass is 235 g/mol. The molecule has 1 aromatic heterocycles. The maximum Gasteiger partial charge on any atom is 0.229 e. The van der Waals surface area contributed by atoms with Gasteiger partial charge in [0.25, 0.3) is 0 Å². The maximum absolute atomic E-state index is 5.71. The molecule has 0 bridgehead atoms.